The molecule has 0 amide bonds. The van der Waals surface area contributed by atoms with E-state index in [1.165, 1.54) is 19.2 Å². The van der Waals surface area contributed by atoms with Crippen LogP contribution in [0.25, 0.3) is 21.9 Å². The molecule has 3 aromatic rings. The summed E-state index contributed by atoms with van der Waals surface area (Å²) in [6.07, 6.45) is 0. The third-order valence-electron chi connectivity index (χ3n) is 3.65. The summed E-state index contributed by atoms with van der Waals surface area (Å²) >= 11 is 0. The molecule has 0 spiro atoms. The second-order valence-corrected chi connectivity index (χ2v) is 5.02. The molecule has 1 aromatic heterocycles. The number of fused-ring (bicyclic) bond motifs is 2. The molecule has 7 heteroatoms. The molecule has 0 aliphatic carbocycles. The normalized spacial score (nSPS) is 11.0. The first kappa shape index (κ1) is 14.7. The molecule has 7 nitrogen and oxygen atoms in total. The van der Waals surface area contributed by atoms with Crippen LogP contribution in [0.1, 0.15) is 15.9 Å². The zero-order valence-electron chi connectivity index (χ0n) is 12.2. The van der Waals surface area contributed by atoms with Gasteiger partial charge in [0.1, 0.15) is 28.0 Å². The minimum atomic E-state index is -1.46. The van der Waals surface area contributed by atoms with Crippen molar-refractivity contribution in [3.8, 4) is 17.2 Å². The SMILES string of the molecule is COc1cc(C)c(O)c2oc3ccc(O)c(C(=O)O)c3c(=O)c12. The zero-order chi connectivity index (χ0) is 16.9. The van der Waals surface area contributed by atoms with Crippen LogP contribution in [0, 0.1) is 6.92 Å². The molecule has 0 aliphatic heterocycles. The molecule has 0 saturated carbocycles. The van der Waals surface area contributed by atoms with Crippen LogP contribution in [-0.2, 0) is 0 Å². The minimum Gasteiger partial charge on any atom is -0.507 e. The summed E-state index contributed by atoms with van der Waals surface area (Å²) in [7, 11) is 1.34. The van der Waals surface area contributed by atoms with Gasteiger partial charge in [-0.1, -0.05) is 0 Å². The number of carboxylic acids is 1. The number of aromatic hydroxyl groups is 2. The number of rotatable bonds is 2. The first-order valence-electron chi connectivity index (χ1n) is 6.59. The smallest absolute Gasteiger partial charge is 0.340 e. The van der Waals surface area contributed by atoms with Crippen molar-refractivity contribution in [2.24, 2.45) is 0 Å². The number of hydrogen-bond donors (Lipinski definition) is 3. The number of ether oxygens (including phenoxy) is 1. The van der Waals surface area contributed by atoms with E-state index in [1.807, 2.05) is 0 Å². The lowest BCUT2D eigenvalue weighted by molar-refractivity contribution is 0.0696. The predicted octanol–water partition coefficient (Wildman–Crippen LogP) is 2.37. The Kier molecular flexibility index (Phi) is 3.14. The first-order chi connectivity index (χ1) is 10.9. The maximum atomic E-state index is 12.8. The highest BCUT2D eigenvalue weighted by Gasteiger charge is 2.23. The fourth-order valence-electron chi connectivity index (χ4n) is 2.56. The summed E-state index contributed by atoms with van der Waals surface area (Å²) in [5, 5.41) is 28.8. The molecule has 0 atom stereocenters. The van der Waals surface area contributed by atoms with Crippen molar-refractivity contribution in [3.63, 3.8) is 0 Å². The monoisotopic (exact) mass is 316 g/mol. The molecule has 0 fully saturated rings. The number of methoxy groups -OCH3 is 1. The molecule has 0 saturated heterocycles. The average Bonchev–Trinajstić information content (AvgIpc) is 2.51. The van der Waals surface area contributed by atoms with Gasteiger partial charge < -0.3 is 24.5 Å². The van der Waals surface area contributed by atoms with E-state index < -0.39 is 22.7 Å². The molecule has 0 aliphatic rings. The van der Waals surface area contributed by atoms with Crippen molar-refractivity contribution < 1.29 is 29.3 Å². The number of hydrogen-bond acceptors (Lipinski definition) is 6. The zero-order valence-corrected chi connectivity index (χ0v) is 12.2. The van der Waals surface area contributed by atoms with Gasteiger partial charge in [-0.2, -0.15) is 0 Å². The second kappa shape index (κ2) is 4.91. The Balaban J connectivity index is 2.67. The van der Waals surface area contributed by atoms with Crippen LogP contribution < -0.4 is 10.2 Å². The summed E-state index contributed by atoms with van der Waals surface area (Å²) in [4.78, 5) is 24.2. The lowest BCUT2D eigenvalue weighted by Crippen LogP contribution is -2.10. The van der Waals surface area contributed by atoms with E-state index in [4.69, 9.17) is 9.15 Å². The number of phenolic OH excluding ortho intramolecular Hbond substituents is 1. The molecule has 23 heavy (non-hydrogen) atoms. The van der Waals surface area contributed by atoms with Crippen LogP contribution in [-0.4, -0.2) is 28.4 Å². The minimum absolute atomic E-state index is 0.0550. The van der Waals surface area contributed by atoms with Gasteiger partial charge in [-0.3, -0.25) is 4.79 Å². The fraction of sp³-hybridized carbons (Fsp3) is 0.125. The molecular formula is C16H12O7. The standard InChI is InChI=1S/C16H12O7/c1-6-5-9(22-2)12-14(19)11-8(23-15(12)13(6)18)4-3-7(17)10(11)16(20)21/h3-5,17-18H,1-2H3,(H,20,21). The molecule has 0 unspecified atom stereocenters. The van der Waals surface area contributed by atoms with Gasteiger partial charge in [0, 0.05) is 0 Å². The van der Waals surface area contributed by atoms with Gasteiger partial charge in [-0.25, -0.2) is 4.79 Å². The van der Waals surface area contributed by atoms with Crippen molar-refractivity contribution >= 4 is 27.9 Å². The van der Waals surface area contributed by atoms with E-state index >= 15 is 0 Å². The van der Waals surface area contributed by atoms with Gasteiger partial charge in [0.05, 0.1) is 12.5 Å². The molecule has 2 aromatic carbocycles. The first-order valence-corrected chi connectivity index (χ1v) is 6.59. The van der Waals surface area contributed by atoms with Crippen molar-refractivity contribution in [3.05, 3.63) is 39.5 Å². The molecule has 3 rings (SSSR count). The van der Waals surface area contributed by atoms with Gasteiger partial charge in [-0.15, -0.1) is 0 Å². The summed E-state index contributed by atoms with van der Waals surface area (Å²) in [6.45, 7) is 1.61. The van der Waals surface area contributed by atoms with Crippen LogP contribution in [0.3, 0.4) is 0 Å². The number of aryl methyl sites for hydroxylation is 1. The van der Waals surface area contributed by atoms with Crippen LogP contribution in [0.15, 0.2) is 27.4 Å². The lowest BCUT2D eigenvalue weighted by atomic mass is 10.0. The molecule has 3 N–H and O–H groups in total. The molecule has 0 bridgehead atoms. The van der Waals surface area contributed by atoms with E-state index in [0.29, 0.717) is 5.56 Å². The topological polar surface area (TPSA) is 117 Å². The van der Waals surface area contributed by atoms with E-state index in [0.717, 1.165) is 6.07 Å². The number of carbonyl (C=O) groups is 1. The van der Waals surface area contributed by atoms with E-state index in [2.05, 4.69) is 0 Å². The Bertz CT molecular complexity index is 1030. The summed E-state index contributed by atoms with van der Waals surface area (Å²) in [5.41, 5.74) is -0.974. The summed E-state index contributed by atoms with van der Waals surface area (Å²) in [6, 6.07) is 3.83. The number of phenols is 2. The molecule has 0 radical (unpaired) electrons. The van der Waals surface area contributed by atoms with E-state index in [1.54, 1.807) is 6.92 Å². The van der Waals surface area contributed by atoms with Gasteiger partial charge in [0.2, 0.25) is 5.43 Å². The average molecular weight is 316 g/mol. The maximum Gasteiger partial charge on any atom is 0.340 e. The largest absolute Gasteiger partial charge is 0.507 e. The Morgan fingerprint density at radius 2 is 1.91 bits per heavy atom. The fourth-order valence-corrected chi connectivity index (χ4v) is 2.56. The van der Waals surface area contributed by atoms with Crippen LogP contribution >= 0.6 is 0 Å². The third kappa shape index (κ3) is 1.97. The quantitative estimate of drug-likeness (QED) is 0.621. The van der Waals surface area contributed by atoms with Gasteiger partial charge >= 0.3 is 5.97 Å². The Labute approximate surface area is 129 Å². The highest BCUT2D eigenvalue weighted by molar-refractivity contribution is 6.08. The number of carboxylic acid groups (broad SMARTS) is 1. The van der Waals surface area contributed by atoms with Gasteiger partial charge in [0.15, 0.2) is 11.3 Å². The lowest BCUT2D eigenvalue weighted by Gasteiger charge is -2.11. The number of benzene rings is 2. The van der Waals surface area contributed by atoms with Gasteiger partial charge in [0.25, 0.3) is 0 Å². The third-order valence-corrected chi connectivity index (χ3v) is 3.65. The molecular weight excluding hydrogens is 304 g/mol. The molecule has 1 heterocycles. The molecule has 118 valence electrons. The highest BCUT2D eigenvalue weighted by Crippen LogP contribution is 2.37. The summed E-state index contributed by atoms with van der Waals surface area (Å²) in [5.74, 6) is -2.10. The van der Waals surface area contributed by atoms with Crippen LogP contribution in [0.4, 0.5) is 0 Å². The summed E-state index contributed by atoms with van der Waals surface area (Å²) < 4.78 is 10.7. The van der Waals surface area contributed by atoms with Crippen molar-refractivity contribution in [2.45, 2.75) is 6.92 Å². The maximum absolute atomic E-state index is 12.8. The Hall–Kier alpha value is -3.22. The predicted molar refractivity (Wildman–Crippen MR) is 81.6 cm³/mol. The van der Waals surface area contributed by atoms with Crippen LogP contribution in [0.5, 0.6) is 17.2 Å². The second-order valence-electron chi connectivity index (χ2n) is 5.02. The van der Waals surface area contributed by atoms with Gasteiger partial charge in [-0.05, 0) is 30.7 Å². The van der Waals surface area contributed by atoms with Crippen molar-refractivity contribution in [1.82, 2.24) is 0 Å². The highest BCUT2D eigenvalue weighted by atomic mass is 16.5. The number of aromatic carboxylic acids is 1. The van der Waals surface area contributed by atoms with E-state index in [-0.39, 0.29) is 33.4 Å². The Morgan fingerprint density at radius 3 is 2.52 bits per heavy atom. The van der Waals surface area contributed by atoms with Crippen molar-refractivity contribution in [2.75, 3.05) is 7.11 Å². The van der Waals surface area contributed by atoms with Crippen LogP contribution in [0.2, 0.25) is 0 Å². The van der Waals surface area contributed by atoms with Crippen molar-refractivity contribution in [1.29, 1.82) is 0 Å². The van der Waals surface area contributed by atoms with E-state index in [9.17, 15) is 24.9 Å². The Morgan fingerprint density at radius 1 is 1.22 bits per heavy atom.